The highest BCUT2D eigenvalue weighted by Crippen LogP contribution is 2.21. The number of ether oxygens (including phenoxy) is 1. The van der Waals surface area contributed by atoms with Crippen LogP contribution in [0, 0.1) is 0 Å². The van der Waals surface area contributed by atoms with Gasteiger partial charge in [0.1, 0.15) is 5.75 Å². The molecule has 0 saturated carbocycles. The van der Waals surface area contributed by atoms with Gasteiger partial charge in [0.2, 0.25) is 0 Å². The molecule has 1 aliphatic rings. The van der Waals surface area contributed by atoms with Gasteiger partial charge in [0.15, 0.2) is 0 Å². The molecule has 0 unspecified atom stereocenters. The maximum atomic E-state index is 5.25. The summed E-state index contributed by atoms with van der Waals surface area (Å²) in [6, 6.07) is 12.5. The summed E-state index contributed by atoms with van der Waals surface area (Å²) < 4.78 is 5.25. The van der Waals surface area contributed by atoms with Gasteiger partial charge in [-0.2, -0.15) is 5.10 Å². The summed E-state index contributed by atoms with van der Waals surface area (Å²) in [5.41, 5.74) is 1.13. The van der Waals surface area contributed by atoms with Crippen LogP contribution < -0.4 is 4.74 Å². The molecule has 1 saturated heterocycles. The zero-order valence-electron chi connectivity index (χ0n) is 12.6. The predicted octanol–water partition coefficient (Wildman–Crippen LogP) is 2.43. The molecule has 21 heavy (non-hydrogen) atoms. The number of benzene rings is 2. The summed E-state index contributed by atoms with van der Waals surface area (Å²) in [5.74, 6) is 0.890. The number of fused-ring (bicyclic) bond motifs is 1. The number of likely N-dealkylation sites (N-methyl/N-ethyl adjacent to an activating group) is 1. The molecule has 0 aromatic heterocycles. The molecule has 0 N–H and O–H groups in total. The fourth-order valence-electron chi connectivity index (χ4n) is 2.51. The standard InChI is InChI=1S/C17H21N3O/c1-19-7-9-20(10-8-19)18-13-14-3-4-16-12-17(21-2)6-5-15(16)11-14/h3-6,11-13H,7-10H2,1-2H3/b18-13-. The van der Waals surface area contributed by atoms with Crippen molar-refractivity contribution in [2.45, 2.75) is 0 Å². The molecule has 0 aliphatic carbocycles. The van der Waals surface area contributed by atoms with Gasteiger partial charge in [-0.05, 0) is 41.6 Å². The fourth-order valence-corrected chi connectivity index (χ4v) is 2.51. The van der Waals surface area contributed by atoms with E-state index in [9.17, 15) is 0 Å². The summed E-state index contributed by atoms with van der Waals surface area (Å²) in [6.45, 7) is 4.15. The lowest BCUT2D eigenvalue weighted by atomic mass is 10.1. The highest BCUT2D eigenvalue weighted by atomic mass is 16.5. The molecule has 110 valence electrons. The number of nitrogens with zero attached hydrogens (tertiary/aromatic N) is 3. The van der Waals surface area contributed by atoms with E-state index in [0.29, 0.717) is 0 Å². The van der Waals surface area contributed by atoms with Gasteiger partial charge in [0, 0.05) is 26.2 Å². The van der Waals surface area contributed by atoms with Gasteiger partial charge < -0.3 is 9.64 Å². The van der Waals surface area contributed by atoms with Crippen molar-refractivity contribution >= 4 is 17.0 Å². The first-order chi connectivity index (χ1) is 10.2. The third kappa shape index (κ3) is 3.34. The van der Waals surface area contributed by atoms with Gasteiger partial charge in [0.05, 0.1) is 13.3 Å². The second-order valence-corrected chi connectivity index (χ2v) is 5.47. The number of hydrogen-bond donors (Lipinski definition) is 0. The molecule has 1 aliphatic heterocycles. The zero-order valence-corrected chi connectivity index (χ0v) is 12.6. The van der Waals surface area contributed by atoms with Crippen molar-refractivity contribution in [2.24, 2.45) is 5.10 Å². The predicted molar refractivity (Wildman–Crippen MR) is 87.2 cm³/mol. The Morgan fingerprint density at radius 2 is 1.71 bits per heavy atom. The van der Waals surface area contributed by atoms with Crippen LogP contribution in [0.5, 0.6) is 5.75 Å². The number of piperazine rings is 1. The third-order valence-corrected chi connectivity index (χ3v) is 3.92. The molecule has 0 spiro atoms. The molecule has 2 aromatic carbocycles. The Morgan fingerprint density at radius 3 is 2.48 bits per heavy atom. The Morgan fingerprint density at radius 1 is 1.00 bits per heavy atom. The second-order valence-electron chi connectivity index (χ2n) is 5.47. The quantitative estimate of drug-likeness (QED) is 0.810. The van der Waals surface area contributed by atoms with Crippen LogP contribution in [0.1, 0.15) is 5.56 Å². The smallest absolute Gasteiger partial charge is 0.119 e. The number of rotatable bonds is 3. The normalized spacial score (nSPS) is 16.8. The van der Waals surface area contributed by atoms with Crippen LogP contribution in [-0.2, 0) is 0 Å². The van der Waals surface area contributed by atoms with Gasteiger partial charge >= 0.3 is 0 Å². The van der Waals surface area contributed by atoms with E-state index in [1.165, 1.54) is 10.8 Å². The van der Waals surface area contributed by atoms with Crippen molar-refractivity contribution in [3.8, 4) is 5.75 Å². The first kappa shape index (κ1) is 13.9. The average Bonchev–Trinajstić information content (AvgIpc) is 2.53. The molecule has 0 atom stereocenters. The zero-order chi connectivity index (χ0) is 14.7. The fraction of sp³-hybridized carbons (Fsp3) is 0.353. The average molecular weight is 283 g/mol. The number of hydrazone groups is 1. The molecule has 4 nitrogen and oxygen atoms in total. The SMILES string of the molecule is COc1ccc2cc(/C=N\N3CCN(C)CC3)ccc2c1. The van der Waals surface area contributed by atoms with E-state index in [4.69, 9.17) is 4.74 Å². The topological polar surface area (TPSA) is 28.1 Å². The lowest BCUT2D eigenvalue weighted by Gasteiger charge is -2.30. The van der Waals surface area contributed by atoms with Crippen molar-refractivity contribution in [1.82, 2.24) is 9.91 Å². The van der Waals surface area contributed by atoms with E-state index in [0.717, 1.165) is 37.5 Å². The minimum atomic E-state index is 0.890. The second kappa shape index (κ2) is 6.14. The number of hydrogen-bond acceptors (Lipinski definition) is 4. The molecule has 1 heterocycles. The van der Waals surface area contributed by atoms with Crippen LogP contribution in [0.25, 0.3) is 10.8 Å². The third-order valence-electron chi connectivity index (χ3n) is 3.92. The van der Waals surface area contributed by atoms with Gasteiger partial charge in [-0.15, -0.1) is 0 Å². The van der Waals surface area contributed by atoms with Crippen LogP contribution in [0.4, 0.5) is 0 Å². The van der Waals surface area contributed by atoms with E-state index in [1.807, 2.05) is 12.3 Å². The summed E-state index contributed by atoms with van der Waals surface area (Å²) in [7, 11) is 3.84. The highest BCUT2D eigenvalue weighted by molar-refractivity contribution is 5.91. The Balaban J connectivity index is 1.75. The molecule has 2 aromatic rings. The molecule has 0 bridgehead atoms. The summed E-state index contributed by atoms with van der Waals surface area (Å²) in [4.78, 5) is 2.33. The molecular weight excluding hydrogens is 262 g/mol. The molecule has 4 heteroatoms. The lowest BCUT2D eigenvalue weighted by Crippen LogP contribution is -2.41. The van der Waals surface area contributed by atoms with Crippen molar-refractivity contribution in [1.29, 1.82) is 0 Å². The Bertz CT molecular complexity index is 646. The maximum absolute atomic E-state index is 5.25. The first-order valence-corrected chi connectivity index (χ1v) is 7.30. The van der Waals surface area contributed by atoms with Crippen molar-refractivity contribution in [3.05, 3.63) is 42.0 Å². The molecular formula is C17H21N3O. The van der Waals surface area contributed by atoms with Crippen LogP contribution in [-0.4, -0.2) is 56.5 Å². The minimum Gasteiger partial charge on any atom is -0.497 e. The lowest BCUT2D eigenvalue weighted by molar-refractivity contribution is 0.159. The number of methoxy groups -OCH3 is 1. The van der Waals surface area contributed by atoms with Gasteiger partial charge in [-0.3, -0.25) is 5.01 Å². The van der Waals surface area contributed by atoms with Crippen LogP contribution in [0.15, 0.2) is 41.5 Å². The van der Waals surface area contributed by atoms with Gasteiger partial charge in [-0.25, -0.2) is 0 Å². The van der Waals surface area contributed by atoms with Gasteiger partial charge in [0.25, 0.3) is 0 Å². The molecule has 3 rings (SSSR count). The maximum Gasteiger partial charge on any atom is 0.119 e. The van der Waals surface area contributed by atoms with E-state index < -0.39 is 0 Å². The van der Waals surface area contributed by atoms with Crippen LogP contribution in [0.2, 0.25) is 0 Å². The van der Waals surface area contributed by atoms with E-state index in [2.05, 4.69) is 52.4 Å². The van der Waals surface area contributed by atoms with E-state index in [-0.39, 0.29) is 0 Å². The largest absolute Gasteiger partial charge is 0.497 e. The Kier molecular flexibility index (Phi) is 4.06. The van der Waals surface area contributed by atoms with E-state index in [1.54, 1.807) is 7.11 Å². The van der Waals surface area contributed by atoms with Crippen molar-refractivity contribution in [3.63, 3.8) is 0 Å². The first-order valence-electron chi connectivity index (χ1n) is 7.30. The van der Waals surface area contributed by atoms with E-state index >= 15 is 0 Å². The monoisotopic (exact) mass is 283 g/mol. The van der Waals surface area contributed by atoms with Gasteiger partial charge in [-0.1, -0.05) is 18.2 Å². The van der Waals surface area contributed by atoms with Crippen LogP contribution >= 0.6 is 0 Å². The molecule has 0 radical (unpaired) electrons. The van der Waals surface area contributed by atoms with Crippen molar-refractivity contribution in [2.75, 3.05) is 40.3 Å². The summed E-state index contributed by atoms with van der Waals surface area (Å²) >= 11 is 0. The summed E-state index contributed by atoms with van der Waals surface area (Å²) in [5, 5.41) is 9.12. The highest BCUT2D eigenvalue weighted by Gasteiger charge is 2.10. The Hall–Kier alpha value is -2.07. The Labute approximate surface area is 125 Å². The minimum absolute atomic E-state index is 0.890. The van der Waals surface area contributed by atoms with Crippen LogP contribution in [0.3, 0.4) is 0 Å². The summed E-state index contributed by atoms with van der Waals surface area (Å²) in [6.07, 6.45) is 1.95. The van der Waals surface area contributed by atoms with Crippen molar-refractivity contribution < 1.29 is 4.74 Å². The molecule has 0 amide bonds. The molecule has 1 fully saturated rings.